The normalized spacial score (nSPS) is 10.7. The smallest absolute Gasteiger partial charge is 0.269 e. The molecule has 1 N–H and O–H groups in total. The molecule has 3 aromatic rings. The zero-order valence-corrected chi connectivity index (χ0v) is 15.8. The Bertz CT molecular complexity index is 959. The molecule has 0 radical (unpaired) electrons. The molecule has 0 saturated carbocycles. The number of halogens is 1. The molecule has 7 heteroatoms. The van der Waals surface area contributed by atoms with Gasteiger partial charge < -0.3 is 4.74 Å². The van der Waals surface area contributed by atoms with Crippen LogP contribution in [-0.2, 0) is 6.61 Å². The zero-order valence-electron chi connectivity index (χ0n) is 14.2. The van der Waals surface area contributed by atoms with Crippen molar-refractivity contribution in [2.45, 2.75) is 6.61 Å². The largest absolute Gasteiger partial charge is 0.488 e. The molecule has 0 unspecified atom stereocenters. The van der Waals surface area contributed by atoms with Gasteiger partial charge in [-0.15, -0.1) is 0 Å². The lowest BCUT2D eigenvalue weighted by Crippen LogP contribution is -1.99. The summed E-state index contributed by atoms with van der Waals surface area (Å²) >= 11 is 3.45. The van der Waals surface area contributed by atoms with Crippen LogP contribution >= 0.6 is 15.9 Å². The summed E-state index contributed by atoms with van der Waals surface area (Å²) in [4.78, 5) is 10.2. The number of nitro groups is 1. The lowest BCUT2D eigenvalue weighted by atomic mass is 10.2. The lowest BCUT2D eigenvalue weighted by Gasteiger charge is -2.09. The second-order valence-electron chi connectivity index (χ2n) is 5.63. The van der Waals surface area contributed by atoms with Gasteiger partial charge >= 0.3 is 0 Å². The van der Waals surface area contributed by atoms with Gasteiger partial charge in [-0.3, -0.25) is 15.5 Å². The first kappa shape index (κ1) is 18.6. The maximum absolute atomic E-state index is 10.7. The average Bonchev–Trinajstić information content (AvgIpc) is 2.68. The molecule has 0 aliphatic carbocycles. The molecular formula is C20H16BrN3O3. The Hall–Kier alpha value is -3.19. The first-order valence-electron chi connectivity index (χ1n) is 8.11. The molecule has 0 fully saturated rings. The predicted molar refractivity (Wildman–Crippen MR) is 109 cm³/mol. The van der Waals surface area contributed by atoms with E-state index >= 15 is 0 Å². The molecule has 0 aliphatic heterocycles. The monoisotopic (exact) mass is 425 g/mol. The standard InChI is InChI=1S/C20H16BrN3O3/c21-17-6-3-4-15(12-17)14-27-20-7-2-1-5-16(20)13-22-23-18-8-10-19(11-9-18)24(25)26/h1-13,23H,14H2/b22-13+. The molecule has 136 valence electrons. The molecule has 27 heavy (non-hydrogen) atoms. The van der Waals surface area contributed by atoms with Gasteiger partial charge in [0.05, 0.1) is 16.8 Å². The fourth-order valence-corrected chi connectivity index (χ4v) is 2.79. The third-order valence-corrected chi connectivity index (χ3v) is 4.17. The quantitative estimate of drug-likeness (QED) is 0.313. The van der Waals surface area contributed by atoms with E-state index in [0.29, 0.717) is 18.0 Å². The van der Waals surface area contributed by atoms with Gasteiger partial charge in [-0.2, -0.15) is 5.10 Å². The van der Waals surface area contributed by atoms with E-state index in [1.807, 2.05) is 48.5 Å². The van der Waals surface area contributed by atoms with Gasteiger partial charge in [-0.25, -0.2) is 0 Å². The summed E-state index contributed by atoms with van der Waals surface area (Å²) in [7, 11) is 0. The van der Waals surface area contributed by atoms with E-state index in [4.69, 9.17) is 4.74 Å². The first-order chi connectivity index (χ1) is 13.1. The van der Waals surface area contributed by atoms with E-state index in [2.05, 4.69) is 26.5 Å². The van der Waals surface area contributed by atoms with E-state index in [0.717, 1.165) is 15.6 Å². The number of anilines is 1. The van der Waals surface area contributed by atoms with Gasteiger partial charge in [0.15, 0.2) is 0 Å². The van der Waals surface area contributed by atoms with Crippen LogP contribution in [0.4, 0.5) is 11.4 Å². The SMILES string of the molecule is O=[N+]([O-])c1ccc(N/N=C/c2ccccc2OCc2cccc(Br)c2)cc1. The Morgan fingerprint density at radius 3 is 2.59 bits per heavy atom. The minimum absolute atomic E-state index is 0.0378. The molecule has 3 aromatic carbocycles. The molecule has 0 atom stereocenters. The van der Waals surface area contributed by atoms with Gasteiger partial charge in [0, 0.05) is 22.2 Å². The van der Waals surface area contributed by atoms with E-state index in [1.54, 1.807) is 18.3 Å². The number of benzene rings is 3. The summed E-state index contributed by atoms with van der Waals surface area (Å²) in [6, 6.07) is 21.6. The molecule has 0 saturated heterocycles. The van der Waals surface area contributed by atoms with Crippen molar-refractivity contribution >= 4 is 33.5 Å². The number of para-hydroxylation sites is 1. The molecule has 6 nitrogen and oxygen atoms in total. The highest BCUT2D eigenvalue weighted by Crippen LogP contribution is 2.20. The lowest BCUT2D eigenvalue weighted by molar-refractivity contribution is -0.384. The number of hydrogen-bond donors (Lipinski definition) is 1. The molecule has 0 aromatic heterocycles. The van der Waals surface area contributed by atoms with Crippen LogP contribution in [0.2, 0.25) is 0 Å². The third kappa shape index (κ3) is 5.39. The van der Waals surface area contributed by atoms with Crippen molar-refractivity contribution in [3.8, 4) is 5.75 Å². The summed E-state index contributed by atoms with van der Waals surface area (Å²) in [5.74, 6) is 0.715. The van der Waals surface area contributed by atoms with Gasteiger partial charge in [0.1, 0.15) is 12.4 Å². The number of rotatable bonds is 7. The highest BCUT2D eigenvalue weighted by atomic mass is 79.9. The van der Waals surface area contributed by atoms with Crippen molar-refractivity contribution in [1.29, 1.82) is 0 Å². The molecule has 0 amide bonds. The van der Waals surface area contributed by atoms with Crippen molar-refractivity contribution in [2.24, 2.45) is 5.10 Å². The molecular weight excluding hydrogens is 410 g/mol. The maximum Gasteiger partial charge on any atom is 0.269 e. The Kier molecular flexibility index (Phi) is 6.17. The van der Waals surface area contributed by atoms with E-state index in [9.17, 15) is 10.1 Å². The molecule has 0 heterocycles. The summed E-state index contributed by atoms with van der Waals surface area (Å²) in [6.07, 6.45) is 1.65. The molecule has 0 bridgehead atoms. The van der Waals surface area contributed by atoms with Crippen LogP contribution in [0, 0.1) is 10.1 Å². The highest BCUT2D eigenvalue weighted by molar-refractivity contribution is 9.10. The number of nitrogens with one attached hydrogen (secondary N) is 1. The second-order valence-corrected chi connectivity index (χ2v) is 6.55. The van der Waals surface area contributed by atoms with Crippen LogP contribution in [0.15, 0.2) is 82.4 Å². The molecule has 0 aliphatic rings. The summed E-state index contributed by atoms with van der Waals surface area (Å²) in [5.41, 5.74) is 5.42. The summed E-state index contributed by atoms with van der Waals surface area (Å²) < 4.78 is 6.91. The first-order valence-corrected chi connectivity index (χ1v) is 8.91. The summed E-state index contributed by atoms with van der Waals surface area (Å²) in [6.45, 7) is 0.445. The minimum atomic E-state index is -0.439. The van der Waals surface area contributed by atoms with Gasteiger partial charge in [0.25, 0.3) is 5.69 Å². The fourth-order valence-electron chi connectivity index (χ4n) is 2.34. The number of hydrogen-bond acceptors (Lipinski definition) is 5. The average molecular weight is 426 g/mol. The number of hydrazone groups is 1. The van der Waals surface area contributed by atoms with Crippen LogP contribution in [0.25, 0.3) is 0 Å². The third-order valence-electron chi connectivity index (χ3n) is 3.68. The van der Waals surface area contributed by atoms with Crippen molar-refractivity contribution in [3.63, 3.8) is 0 Å². The van der Waals surface area contributed by atoms with Crippen molar-refractivity contribution < 1.29 is 9.66 Å². The van der Waals surface area contributed by atoms with Crippen molar-refractivity contribution in [3.05, 3.63) is 98.5 Å². The predicted octanol–water partition coefficient (Wildman–Crippen LogP) is 5.38. The Labute approximate surface area is 164 Å². The second kappa shape index (κ2) is 8.95. The Morgan fingerprint density at radius 2 is 1.85 bits per heavy atom. The van der Waals surface area contributed by atoms with E-state index in [1.165, 1.54) is 12.1 Å². The highest BCUT2D eigenvalue weighted by Gasteiger charge is 2.04. The number of ether oxygens (including phenoxy) is 1. The maximum atomic E-state index is 10.7. The van der Waals surface area contributed by atoms with Crippen LogP contribution in [0.5, 0.6) is 5.75 Å². The van der Waals surface area contributed by atoms with E-state index < -0.39 is 4.92 Å². The van der Waals surface area contributed by atoms with Crippen LogP contribution in [-0.4, -0.2) is 11.1 Å². The number of non-ortho nitro benzene ring substituents is 1. The number of nitro benzene ring substituents is 1. The fraction of sp³-hybridized carbons (Fsp3) is 0.0500. The Balaban J connectivity index is 1.64. The van der Waals surface area contributed by atoms with Crippen molar-refractivity contribution in [2.75, 3.05) is 5.43 Å². The summed E-state index contributed by atoms with van der Waals surface area (Å²) in [5, 5.41) is 14.9. The molecule has 3 rings (SSSR count). The van der Waals surface area contributed by atoms with Crippen LogP contribution in [0.1, 0.15) is 11.1 Å². The minimum Gasteiger partial charge on any atom is -0.488 e. The van der Waals surface area contributed by atoms with Gasteiger partial charge in [-0.1, -0.05) is 40.2 Å². The zero-order chi connectivity index (χ0) is 19.1. The van der Waals surface area contributed by atoms with Crippen LogP contribution in [0.3, 0.4) is 0 Å². The van der Waals surface area contributed by atoms with Crippen LogP contribution < -0.4 is 10.2 Å². The Morgan fingerprint density at radius 1 is 1.07 bits per heavy atom. The number of nitrogens with zero attached hydrogens (tertiary/aromatic N) is 2. The van der Waals surface area contributed by atoms with Gasteiger partial charge in [-0.05, 0) is 42.0 Å². The topological polar surface area (TPSA) is 76.8 Å². The molecule has 0 spiro atoms. The van der Waals surface area contributed by atoms with Crippen molar-refractivity contribution in [1.82, 2.24) is 0 Å². The van der Waals surface area contributed by atoms with Gasteiger partial charge in [0.2, 0.25) is 0 Å². The van der Waals surface area contributed by atoms with E-state index in [-0.39, 0.29) is 5.69 Å².